The van der Waals surface area contributed by atoms with Gasteiger partial charge in [-0.2, -0.15) is 0 Å². The van der Waals surface area contributed by atoms with Gasteiger partial charge in [-0.25, -0.2) is 0 Å². The lowest BCUT2D eigenvalue weighted by Gasteiger charge is -2.37. The molecule has 1 heteroatoms. The molecule has 1 aliphatic carbocycles. The molecule has 5 aromatic rings. The molecule has 39 heavy (non-hydrogen) atoms. The first kappa shape index (κ1) is 25.2. The fourth-order valence-corrected chi connectivity index (χ4v) is 6.74. The van der Waals surface area contributed by atoms with Gasteiger partial charge in [-0.1, -0.05) is 96.1 Å². The van der Waals surface area contributed by atoms with E-state index in [2.05, 4.69) is 156 Å². The van der Waals surface area contributed by atoms with Crippen LogP contribution in [0.1, 0.15) is 58.4 Å². The number of hydrogen-bond donors (Lipinski definition) is 0. The van der Waals surface area contributed by atoms with Crippen LogP contribution in [0, 0.1) is 27.7 Å². The molecule has 0 aromatic heterocycles. The van der Waals surface area contributed by atoms with Gasteiger partial charge in [-0.3, -0.25) is 0 Å². The summed E-state index contributed by atoms with van der Waals surface area (Å²) in [7, 11) is 0. The fraction of sp³-hybridized carbons (Fsp3) is 0.211. The van der Waals surface area contributed by atoms with Crippen molar-refractivity contribution in [2.24, 2.45) is 0 Å². The summed E-state index contributed by atoms with van der Waals surface area (Å²) in [5.41, 5.74) is 15.3. The summed E-state index contributed by atoms with van der Waals surface area (Å²) in [5, 5.41) is 0. The Bertz CT molecular complexity index is 1630. The Morgan fingerprint density at radius 3 is 1.54 bits per heavy atom. The zero-order valence-electron chi connectivity index (χ0n) is 23.9. The molecule has 0 aliphatic heterocycles. The van der Waals surface area contributed by atoms with Crippen molar-refractivity contribution in [3.8, 4) is 11.1 Å². The molecule has 0 unspecified atom stereocenters. The normalized spacial score (nSPS) is 13.3. The van der Waals surface area contributed by atoms with Crippen LogP contribution in [0.25, 0.3) is 11.1 Å². The number of aryl methyl sites for hydroxylation is 4. The van der Waals surface area contributed by atoms with Crippen molar-refractivity contribution in [3.05, 3.63) is 154 Å². The van der Waals surface area contributed by atoms with E-state index in [-0.39, 0.29) is 0 Å². The van der Waals surface area contributed by atoms with E-state index in [4.69, 9.17) is 0 Å². The predicted octanol–water partition coefficient (Wildman–Crippen LogP) is 9.83. The molecule has 194 valence electrons. The Kier molecular flexibility index (Phi) is 6.19. The minimum Gasteiger partial charge on any atom is -0.339 e. The SMILES string of the molecule is Cc1ccc(N(c2ccc3c(c2)C(c2ccccc2C)(c2ccccc2C)c2cc(C)ccc2-3)C(C)C)cc1. The molecule has 0 fully saturated rings. The lowest BCUT2D eigenvalue weighted by Crippen LogP contribution is -2.31. The standard InChI is InChI=1S/C38H37N/c1-25(2)39(30-18-15-26(3)16-19-30)31-20-22-33-32-21-17-27(4)23-36(32)38(37(33)24-31,34-13-9-7-11-28(34)5)35-14-10-8-12-29(35)6/h7-25H,1-6H3. The number of hydrogen-bond acceptors (Lipinski definition) is 1. The maximum Gasteiger partial charge on any atom is 0.0719 e. The summed E-state index contributed by atoms with van der Waals surface area (Å²) < 4.78 is 0. The van der Waals surface area contributed by atoms with Gasteiger partial charge in [0, 0.05) is 17.4 Å². The van der Waals surface area contributed by atoms with Crippen molar-refractivity contribution < 1.29 is 0 Å². The zero-order valence-corrected chi connectivity index (χ0v) is 23.9. The quantitative estimate of drug-likeness (QED) is 0.224. The summed E-state index contributed by atoms with van der Waals surface area (Å²) in [6.45, 7) is 13.4. The minimum atomic E-state index is -0.403. The topological polar surface area (TPSA) is 3.24 Å². The Morgan fingerprint density at radius 1 is 0.487 bits per heavy atom. The maximum atomic E-state index is 2.48. The maximum absolute atomic E-state index is 2.48. The van der Waals surface area contributed by atoms with Crippen LogP contribution in [0.3, 0.4) is 0 Å². The predicted molar refractivity (Wildman–Crippen MR) is 166 cm³/mol. The summed E-state index contributed by atoms with van der Waals surface area (Å²) in [5.74, 6) is 0. The largest absolute Gasteiger partial charge is 0.339 e. The molecule has 0 bridgehead atoms. The Morgan fingerprint density at radius 2 is 0.974 bits per heavy atom. The van der Waals surface area contributed by atoms with Crippen LogP contribution >= 0.6 is 0 Å². The highest BCUT2D eigenvalue weighted by molar-refractivity contribution is 5.89. The average Bonchev–Trinajstić information content (AvgIpc) is 3.19. The number of benzene rings is 5. The summed E-state index contributed by atoms with van der Waals surface area (Å²) in [4.78, 5) is 2.47. The lowest BCUT2D eigenvalue weighted by molar-refractivity contribution is 0.748. The number of anilines is 2. The van der Waals surface area contributed by atoms with Gasteiger partial charge in [0.25, 0.3) is 0 Å². The second kappa shape index (κ2) is 9.58. The number of rotatable bonds is 5. The minimum absolute atomic E-state index is 0.308. The molecule has 6 rings (SSSR count). The third-order valence-corrected chi connectivity index (χ3v) is 8.48. The van der Waals surface area contributed by atoms with E-state index >= 15 is 0 Å². The smallest absolute Gasteiger partial charge is 0.0719 e. The van der Waals surface area contributed by atoms with Crippen LogP contribution in [-0.4, -0.2) is 6.04 Å². The van der Waals surface area contributed by atoms with E-state index in [9.17, 15) is 0 Å². The molecule has 0 radical (unpaired) electrons. The number of fused-ring (bicyclic) bond motifs is 3. The van der Waals surface area contributed by atoms with Gasteiger partial charge in [0.15, 0.2) is 0 Å². The molecule has 0 spiro atoms. The molecule has 0 amide bonds. The van der Waals surface area contributed by atoms with Gasteiger partial charge in [0.1, 0.15) is 0 Å². The summed E-state index contributed by atoms with van der Waals surface area (Å²) >= 11 is 0. The van der Waals surface area contributed by atoms with Crippen molar-refractivity contribution in [1.29, 1.82) is 0 Å². The van der Waals surface area contributed by atoms with Crippen molar-refractivity contribution in [1.82, 2.24) is 0 Å². The van der Waals surface area contributed by atoms with Crippen LogP contribution in [0.5, 0.6) is 0 Å². The van der Waals surface area contributed by atoms with Gasteiger partial charge < -0.3 is 4.90 Å². The molecule has 5 aromatic carbocycles. The lowest BCUT2D eigenvalue weighted by atomic mass is 9.65. The zero-order chi connectivity index (χ0) is 27.3. The first-order valence-corrected chi connectivity index (χ1v) is 14.1. The van der Waals surface area contributed by atoms with E-state index in [0.29, 0.717) is 6.04 Å². The van der Waals surface area contributed by atoms with Crippen molar-refractivity contribution in [2.45, 2.75) is 53.0 Å². The molecule has 0 saturated carbocycles. The van der Waals surface area contributed by atoms with E-state index in [1.54, 1.807) is 0 Å². The second-order valence-electron chi connectivity index (χ2n) is 11.5. The van der Waals surface area contributed by atoms with Gasteiger partial charge in [-0.05, 0) is 110 Å². The Hall–Kier alpha value is -4.10. The van der Waals surface area contributed by atoms with Crippen molar-refractivity contribution in [3.63, 3.8) is 0 Å². The molecule has 0 N–H and O–H groups in total. The highest BCUT2D eigenvalue weighted by Crippen LogP contribution is 2.58. The first-order valence-electron chi connectivity index (χ1n) is 14.1. The van der Waals surface area contributed by atoms with Crippen LogP contribution < -0.4 is 4.90 Å². The fourth-order valence-electron chi connectivity index (χ4n) is 6.74. The van der Waals surface area contributed by atoms with E-state index in [1.807, 2.05) is 0 Å². The Labute approximate surface area is 233 Å². The van der Waals surface area contributed by atoms with Gasteiger partial charge in [0.05, 0.1) is 5.41 Å². The molecular formula is C38H37N. The highest BCUT2D eigenvalue weighted by Gasteiger charge is 2.47. The highest BCUT2D eigenvalue weighted by atomic mass is 15.2. The number of nitrogens with zero attached hydrogens (tertiary/aromatic N) is 1. The molecular weight excluding hydrogens is 470 g/mol. The molecule has 0 heterocycles. The van der Waals surface area contributed by atoms with Crippen molar-refractivity contribution in [2.75, 3.05) is 4.90 Å². The average molecular weight is 508 g/mol. The molecule has 0 saturated heterocycles. The van der Waals surface area contributed by atoms with Gasteiger partial charge in [0.2, 0.25) is 0 Å². The van der Waals surface area contributed by atoms with Crippen LogP contribution in [0.15, 0.2) is 109 Å². The van der Waals surface area contributed by atoms with E-state index in [0.717, 1.165) is 0 Å². The second-order valence-corrected chi connectivity index (χ2v) is 11.5. The Balaban J connectivity index is 1.73. The first-order chi connectivity index (χ1) is 18.8. The van der Waals surface area contributed by atoms with E-state index in [1.165, 1.54) is 67.0 Å². The van der Waals surface area contributed by atoms with E-state index < -0.39 is 5.41 Å². The molecule has 1 aliphatic rings. The monoisotopic (exact) mass is 507 g/mol. The summed E-state index contributed by atoms with van der Waals surface area (Å²) in [6, 6.07) is 41.3. The van der Waals surface area contributed by atoms with Crippen molar-refractivity contribution >= 4 is 11.4 Å². The third kappa shape index (κ3) is 3.91. The van der Waals surface area contributed by atoms with Crippen LogP contribution in [0.4, 0.5) is 11.4 Å². The molecule has 1 nitrogen and oxygen atoms in total. The van der Waals surface area contributed by atoms with Gasteiger partial charge >= 0.3 is 0 Å². The van der Waals surface area contributed by atoms with Crippen LogP contribution in [0.2, 0.25) is 0 Å². The van der Waals surface area contributed by atoms with Gasteiger partial charge in [-0.15, -0.1) is 0 Å². The summed E-state index contributed by atoms with van der Waals surface area (Å²) in [6.07, 6.45) is 0. The molecule has 0 atom stereocenters. The van der Waals surface area contributed by atoms with Crippen LogP contribution in [-0.2, 0) is 5.41 Å². The third-order valence-electron chi connectivity index (χ3n) is 8.48.